The molecule has 0 radical (unpaired) electrons. The predicted octanol–water partition coefficient (Wildman–Crippen LogP) is 3.09. The normalized spacial score (nSPS) is 20.4. The summed E-state index contributed by atoms with van der Waals surface area (Å²) in [5.74, 6) is 0.798. The fourth-order valence-electron chi connectivity index (χ4n) is 3.49. The summed E-state index contributed by atoms with van der Waals surface area (Å²) in [4.78, 5) is 18.8. The Labute approximate surface area is 146 Å². The number of hydrogen-bond acceptors (Lipinski definition) is 5. The van der Waals surface area contributed by atoms with Gasteiger partial charge in [-0.15, -0.1) is 0 Å². The Hall–Kier alpha value is -2.66. The topological polar surface area (TPSA) is 72.4 Å². The van der Waals surface area contributed by atoms with Crippen LogP contribution in [0.5, 0.6) is 0 Å². The van der Waals surface area contributed by atoms with E-state index in [9.17, 15) is 4.79 Å². The van der Waals surface area contributed by atoms with Gasteiger partial charge in [0, 0.05) is 35.6 Å². The minimum Gasteiger partial charge on any atom is -0.404 e. The number of pyridine rings is 1. The zero-order chi connectivity index (χ0) is 17.6. The van der Waals surface area contributed by atoms with Crippen LogP contribution in [0.3, 0.4) is 0 Å². The molecule has 0 aliphatic carbocycles. The lowest BCUT2D eigenvalue weighted by molar-refractivity contribution is 0.524. The first-order chi connectivity index (χ1) is 11.9. The van der Waals surface area contributed by atoms with E-state index in [1.807, 2.05) is 50.2 Å². The largest absolute Gasteiger partial charge is 0.404 e. The Bertz CT molecular complexity index is 1010. The average molecular weight is 335 g/mol. The van der Waals surface area contributed by atoms with Gasteiger partial charge in [0.05, 0.1) is 0 Å². The van der Waals surface area contributed by atoms with Gasteiger partial charge in [-0.25, -0.2) is 4.79 Å². The lowest BCUT2D eigenvalue weighted by Crippen LogP contribution is -2.39. The zero-order valence-corrected chi connectivity index (χ0v) is 14.5. The minimum absolute atomic E-state index is 0.208. The Morgan fingerprint density at radius 2 is 2.00 bits per heavy atom. The van der Waals surface area contributed by atoms with Crippen molar-refractivity contribution in [3.05, 3.63) is 58.4 Å². The van der Waals surface area contributed by atoms with Gasteiger partial charge in [0.2, 0.25) is 5.71 Å². The van der Waals surface area contributed by atoms with Crippen LogP contribution in [0.15, 0.2) is 51.7 Å². The molecule has 1 saturated heterocycles. The lowest BCUT2D eigenvalue weighted by atomic mass is 9.99. The molecule has 5 nitrogen and oxygen atoms in total. The Morgan fingerprint density at radius 1 is 1.20 bits per heavy atom. The van der Waals surface area contributed by atoms with Gasteiger partial charge in [-0.05, 0) is 43.5 Å². The van der Waals surface area contributed by atoms with Crippen LogP contribution in [0.2, 0.25) is 0 Å². The van der Waals surface area contributed by atoms with E-state index in [2.05, 4.69) is 9.88 Å². The number of aryl methyl sites for hydroxylation is 1. The highest BCUT2D eigenvalue weighted by Crippen LogP contribution is 2.31. The van der Waals surface area contributed by atoms with Crippen molar-refractivity contribution in [1.29, 1.82) is 0 Å². The third kappa shape index (κ3) is 2.91. The number of aromatic nitrogens is 1. The molecule has 1 atom stereocenters. The fourth-order valence-corrected chi connectivity index (χ4v) is 3.49. The van der Waals surface area contributed by atoms with Gasteiger partial charge in [-0.1, -0.05) is 24.3 Å². The summed E-state index contributed by atoms with van der Waals surface area (Å²) in [6.07, 6.45) is 0.917. The summed E-state index contributed by atoms with van der Waals surface area (Å²) in [5.41, 5.74) is 8.97. The maximum absolute atomic E-state index is 12.1. The molecule has 0 spiro atoms. The van der Waals surface area contributed by atoms with Crippen LogP contribution in [-0.2, 0) is 0 Å². The number of nitrogens with two attached hydrogens (primary N) is 1. The van der Waals surface area contributed by atoms with Crippen molar-refractivity contribution in [1.82, 2.24) is 4.98 Å². The van der Waals surface area contributed by atoms with Gasteiger partial charge in [0.25, 0.3) is 0 Å². The van der Waals surface area contributed by atoms with E-state index in [-0.39, 0.29) is 11.2 Å². The average Bonchev–Trinajstić information content (AvgIpc) is 2.94. The molecule has 1 aliphatic rings. The standard InChI is InChI=1S/C20H21N3O2/c1-13-5-3-4-6-14(13)16-11-18(24)25-19-15(16)7-8-17(22-19)23-10-9-20(2,21)12-23/h3-8,11H,9-10,12,21H2,1-2H3. The maximum atomic E-state index is 12.1. The minimum atomic E-state index is -0.388. The summed E-state index contributed by atoms with van der Waals surface area (Å²) in [6, 6.07) is 13.5. The first-order valence-electron chi connectivity index (χ1n) is 8.48. The molecular formula is C20H21N3O2. The van der Waals surface area contributed by atoms with Crippen LogP contribution in [0, 0.1) is 6.92 Å². The summed E-state index contributed by atoms with van der Waals surface area (Å²) in [5, 5.41) is 0.840. The third-order valence-corrected chi connectivity index (χ3v) is 4.86. The van der Waals surface area contributed by atoms with E-state index in [0.717, 1.165) is 47.4 Å². The van der Waals surface area contributed by atoms with Crippen molar-refractivity contribution in [3.63, 3.8) is 0 Å². The molecule has 0 amide bonds. The van der Waals surface area contributed by atoms with Crippen molar-refractivity contribution in [2.24, 2.45) is 5.73 Å². The van der Waals surface area contributed by atoms with Crippen LogP contribution < -0.4 is 16.3 Å². The van der Waals surface area contributed by atoms with Crippen LogP contribution >= 0.6 is 0 Å². The highest BCUT2D eigenvalue weighted by molar-refractivity contribution is 5.93. The molecule has 0 saturated carbocycles. The van der Waals surface area contributed by atoms with Gasteiger partial charge >= 0.3 is 5.63 Å². The van der Waals surface area contributed by atoms with Crippen molar-refractivity contribution in [3.8, 4) is 11.1 Å². The number of fused-ring (bicyclic) bond motifs is 1. The number of rotatable bonds is 2. The summed E-state index contributed by atoms with van der Waals surface area (Å²) in [7, 11) is 0. The Morgan fingerprint density at radius 3 is 2.72 bits per heavy atom. The molecule has 128 valence electrons. The van der Waals surface area contributed by atoms with Crippen LogP contribution in [0.1, 0.15) is 18.9 Å². The second kappa shape index (κ2) is 5.70. The molecule has 1 aliphatic heterocycles. The summed E-state index contributed by atoms with van der Waals surface area (Å²) < 4.78 is 5.39. The molecule has 2 N–H and O–H groups in total. The third-order valence-electron chi connectivity index (χ3n) is 4.86. The van der Waals surface area contributed by atoms with Crippen LogP contribution in [-0.4, -0.2) is 23.6 Å². The van der Waals surface area contributed by atoms with Crippen LogP contribution in [0.25, 0.3) is 22.2 Å². The second-order valence-electron chi connectivity index (χ2n) is 7.14. The van der Waals surface area contributed by atoms with Gasteiger partial charge in [0.1, 0.15) is 5.82 Å². The first-order valence-corrected chi connectivity index (χ1v) is 8.48. The summed E-state index contributed by atoms with van der Waals surface area (Å²) in [6.45, 7) is 5.68. The van der Waals surface area contributed by atoms with Crippen molar-refractivity contribution in [2.75, 3.05) is 18.0 Å². The van der Waals surface area contributed by atoms with Crippen molar-refractivity contribution >= 4 is 16.9 Å². The van der Waals surface area contributed by atoms with Gasteiger partial charge in [0.15, 0.2) is 0 Å². The van der Waals surface area contributed by atoms with E-state index >= 15 is 0 Å². The Kier molecular flexibility index (Phi) is 3.62. The van der Waals surface area contributed by atoms with E-state index in [4.69, 9.17) is 10.2 Å². The molecule has 3 aromatic rings. The monoisotopic (exact) mass is 335 g/mol. The molecule has 1 unspecified atom stereocenters. The quantitative estimate of drug-likeness (QED) is 0.779. The maximum Gasteiger partial charge on any atom is 0.338 e. The number of nitrogens with zero attached hydrogens (tertiary/aromatic N) is 2. The number of hydrogen-bond donors (Lipinski definition) is 1. The molecule has 1 aromatic carbocycles. The molecular weight excluding hydrogens is 314 g/mol. The highest BCUT2D eigenvalue weighted by Gasteiger charge is 2.30. The summed E-state index contributed by atoms with van der Waals surface area (Å²) >= 11 is 0. The molecule has 2 aromatic heterocycles. The fraction of sp³-hybridized carbons (Fsp3) is 0.300. The van der Waals surface area contributed by atoms with E-state index in [0.29, 0.717) is 5.71 Å². The SMILES string of the molecule is Cc1ccccc1-c1cc(=O)oc2nc(N3CCC(C)(N)C3)ccc12. The molecule has 4 rings (SSSR count). The smallest absolute Gasteiger partial charge is 0.338 e. The second-order valence-corrected chi connectivity index (χ2v) is 7.14. The molecule has 1 fully saturated rings. The van der Waals surface area contributed by atoms with Crippen LogP contribution in [0.4, 0.5) is 5.82 Å². The number of benzene rings is 1. The molecule has 3 heterocycles. The molecule has 5 heteroatoms. The predicted molar refractivity (Wildman–Crippen MR) is 99.9 cm³/mol. The molecule has 0 bridgehead atoms. The van der Waals surface area contributed by atoms with E-state index in [1.54, 1.807) is 6.07 Å². The number of anilines is 1. The van der Waals surface area contributed by atoms with Gasteiger partial charge in [-0.2, -0.15) is 4.98 Å². The first kappa shape index (κ1) is 15.8. The highest BCUT2D eigenvalue weighted by atomic mass is 16.4. The van der Waals surface area contributed by atoms with Gasteiger partial charge < -0.3 is 15.1 Å². The van der Waals surface area contributed by atoms with Gasteiger partial charge in [-0.3, -0.25) is 0 Å². The van der Waals surface area contributed by atoms with Crippen molar-refractivity contribution < 1.29 is 4.42 Å². The zero-order valence-electron chi connectivity index (χ0n) is 14.5. The van der Waals surface area contributed by atoms with E-state index in [1.165, 1.54) is 0 Å². The lowest BCUT2D eigenvalue weighted by Gasteiger charge is -2.20. The molecule has 25 heavy (non-hydrogen) atoms. The van der Waals surface area contributed by atoms with E-state index < -0.39 is 0 Å². The van der Waals surface area contributed by atoms with Crippen molar-refractivity contribution in [2.45, 2.75) is 25.8 Å². The Balaban J connectivity index is 1.85.